The fraction of sp³-hybridized carbons (Fsp3) is 0.368. The van der Waals surface area contributed by atoms with E-state index in [1.54, 1.807) is 12.3 Å². The Kier molecular flexibility index (Phi) is 4.16. The van der Waals surface area contributed by atoms with E-state index in [-0.39, 0.29) is 18.0 Å². The molecule has 3 aliphatic heterocycles. The van der Waals surface area contributed by atoms with Crippen molar-refractivity contribution in [2.45, 2.75) is 25.4 Å². The summed E-state index contributed by atoms with van der Waals surface area (Å²) in [6.45, 7) is 3.43. The number of carbonyl (C=O) groups excluding carboxylic acids is 1. The van der Waals surface area contributed by atoms with Gasteiger partial charge in [0.25, 0.3) is 11.9 Å². The zero-order valence-corrected chi connectivity index (χ0v) is 16.5. The van der Waals surface area contributed by atoms with E-state index in [1.807, 2.05) is 23.3 Å². The Hall–Kier alpha value is -3.14. The van der Waals surface area contributed by atoms with Gasteiger partial charge in [-0.15, -0.1) is 11.3 Å². The predicted octanol–water partition coefficient (Wildman–Crippen LogP) is 2.64. The van der Waals surface area contributed by atoms with Crippen molar-refractivity contribution in [2.75, 3.05) is 24.5 Å². The molecule has 29 heavy (non-hydrogen) atoms. The van der Waals surface area contributed by atoms with Crippen LogP contribution < -0.4 is 10.2 Å². The van der Waals surface area contributed by atoms with Gasteiger partial charge in [-0.2, -0.15) is 4.98 Å². The van der Waals surface area contributed by atoms with Crippen molar-refractivity contribution < 1.29 is 19.1 Å². The third-order valence-electron chi connectivity index (χ3n) is 5.46. The van der Waals surface area contributed by atoms with E-state index < -0.39 is 6.09 Å². The van der Waals surface area contributed by atoms with Crippen molar-refractivity contribution in [3.63, 3.8) is 0 Å². The molecule has 3 saturated heterocycles. The van der Waals surface area contributed by atoms with Crippen LogP contribution in [0.5, 0.6) is 0 Å². The highest BCUT2D eigenvalue weighted by Gasteiger charge is 2.48. The smallest absolute Gasteiger partial charge is 0.407 e. The molecule has 2 amide bonds. The van der Waals surface area contributed by atoms with E-state index in [2.05, 4.69) is 15.3 Å². The maximum atomic E-state index is 12.5. The number of carbonyl (C=O) groups is 2. The Morgan fingerprint density at radius 3 is 2.79 bits per heavy atom. The molecule has 0 spiro atoms. The van der Waals surface area contributed by atoms with Gasteiger partial charge in [-0.3, -0.25) is 9.69 Å². The van der Waals surface area contributed by atoms with Crippen LogP contribution >= 0.6 is 11.3 Å². The van der Waals surface area contributed by atoms with Crippen molar-refractivity contribution in [1.82, 2.24) is 20.2 Å². The quantitative estimate of drug-likeness (QED) is 0.676. The number of fused-ring (bicyclic) bond motifs is 3. The normalized spacial score (nSPS) is 20.6. The predicted molar refractivity (Wildman–Crippen MR) is 107 cm³/mol. The van der Waals surface area contributed by atoms with Crippen molar-refractivity contribution in [3.05, 3.63) is 29.3 Å². The van der Waals surface area contributed by atoms with Crippen molar-refractivity contribution in [1.29, 1.82) is 0 Å². The van der Waals surface area contributed by atoms with Crippen LogP contribution in [-0.4, -0.2) is 63.7 Å². The Bertz CT molecular complexity index is 1080. The Morgan fingerprint density at radius 2 is 2.14 bits per heavy atom. The molecule has 9 nitrogen and oxygen atoms in total. The second kappa shape index (κ2) is 6.73. The first-order valence-electron chi connectivity index (χ1n) is 9.44. The zero-order chi connectivity index (χ0) is 20.1. The van der Waals surface area contributed by atoms with Crippen LogP contribution in [0.25, 0.3) is 21.7 Å². The minimum atomic E-state index is -0.881. The zero-order valence-electron chi connectivity index (χ0n) is 15.7. The highest BCUT2D eigenvalue weighted by Crippen LogP contribution is 2.38. The van der Waals surface area contributed by atoms with Gasteiger partial charge in [0, 0.05) is 31.2 Å². The highest BCUT2D eigenvalue weighted by molar-refractivity contribution is 7.13. The minimum Gasteiger partial charge on any atom is -0.465 e. The van der Waals surface area contributed by atoms with Gasteiger partial charge in [0.1, 0.15) is 10.5 Å². The van der Waals surface area contributed by atoms with Gasteiger partial charge < -0.3 is 19.7 Å². The van der Waals surface area contributed by atoms with Gasteiger partial charge in [0.05, 0.1) is 23.2 Å². The molecule has 0 aliphatic carbocycles. The lowest BCUT2D eigenvalue weighted by Crippen LogP contribution is -2.70. The van der Waals surface area contributed by atoms with Crippen LogP contribution in [-0.2, 0) is 0 Å². The summed E-state index contributed by atoms with van der Waals surface area (Å²) >= 11 is 1.49. The fourth-order valence-electron chi connectivity index (χ4n) is 4.17. The third-order valence-corrected chi connectivity index (χ3v) is 6.27. The van der Waals surface area contributed by atoms with Crippen LogP contribution in [0.15, 0.2) is 28.1 Å². The molecule has 3 fully saturated rings. The first-order chi connectivity index (χ1) is 14.1. The molecule has 0 radical (unpaired) electrons. The topological polar surface area (TPSA) is 112 Å². The number of hydrogen-bond acceptors (Lipinski definition) is 7. The molecule has 3 aliphatic rings. The van der Waals surface area contributed by atoms with Crippen LogP contribution in [0.4, 0.5) is 10.8 Å². The molecule has 10 heteroatoms. The molecule has 5 heterocycles. The largest absolute Gasteiger partial charge is 0.465 e. The molecule has 150 valence electrons. The Morgan fingerprint density at radius 1 is 1.34 bits per heavy atom. The van der Waals surface area contributed by atoms with E-state index in [4.69, 9.17) is 4.42 Å². The van der Waals surface area contributed by atoms with Gasteiger partial charge in [0.15, 0.2) is 5.58 Å². The second-order valence-corrected chi connectivity index (χ2v) is 8.06. The average Bonchev–Trinajstić information content (AvgIpc) is 3.37. The summed E-state index contributed by atoms with van der Waals surface area (Å²) < 4.78 is 6.13. The minimum absolute atomic E-state index is 0.0532. The molecule has 2 N–H and O–H groups in total. The van der Waals surface area contributed by atoms with Gasteiger partial charge in [-0.05, 0) is 25.5 Å². The Balaban J connectivity index is 1.56. The van der Waals surface area contributed by atoms with Gasteiger partial charge in [-0.1, -0.05) is 0 Å². The highest BCUT2D eigenvalue weighted by atomic mass is 32.1. The fourth-order valence-corrected chi connectivity index (χ4v) is 4.83. The van der Waals surface area contributed by atoms with Crippen molar-refractivity contribution in [2.24, 2.45) is 0 Å². The standard InChI is InChI=1S/C19H19N5O4S/c1-2-20-16(25)12-3-4-13(17-21-5-6-29-17)15-14(12)22-18(28-15)23-8-10-7-11(9-23)24(10)19(26)27/h3-6,10-11H,2,7-9H2,1H3,(H,20,25)(H,26,27). The number of piperazine rings is 1. The summed E-state index contributed by atoms with van der Waals surface area (Å²) in [7, 11) is 0. The summed E-state index contributed by atoms with van der Waals surface area (Å²) in [4.78, 5) is 36.4. The lowest BCUT2D eigenvalue weighted by Gasteiger charge is -2.54. The maximum absolute atomic E-state index is 12.5. The van der Waals surface area contributed by atoms with E-state index in [9.17, 15) is 14.7 Å². The number of anilines is 1. The van der Waals surface area contributed by atoms with Gasteiger partial charge >= 0.3 is 6.09 Å². The molecule has 2 unspecified atom stereocenters. The number of nitrogens with zero attached hydrogens (tertiary/aromatic N) is 4. The second-order valence-electron chi connectivity index (χ2n) is 7.17. The lowest BCUT2D eigenvalue weighted by atomic mass is 9.88. The Labute approximate surface area is 170 Å². The number of benzene rings is 1. The van der Waals surface area contributed by atoms with E-state index >= 15 is 0 Å². The summed E-state index contributed by atoms with van der Waals surface area (Å²) in [6, 6.07) is 3.89. The number of carboxylic acid groups (broad SMARTS) is 1. The molecule has 3 aromatic rings. The number of amides is 2. The monoisotopic (exact) mass is 413 g/mol. The van der Waals surface area contributed by atoms with Crippen LogP contribution in [0, 0.1) is 0 Å². The van der Waals surface area contributed by atoms with Crippen LogP contribution in [0.3, 0.4) is 0 Å². The van der Waals surface area contributed by atoms with E-state index in [0.29, 0.717) is 42.3 Å². The van der Waals surface area contributed by atoms with E-state index in [1.165, 1.54) is 16.2 Å². The molecule has 6 rings (SSSR count). The first kappa shape index (κ1) is 17.9. The number of nitrogens with one attached hydrogen (secondary N) is 1. The number of piperidine rings is 1. The summed E-state index contributed by atoms with van der Waals surface area (Å²) in [6.07, 6.45) is 1.70. The molecular formula is C19H19N5O4S. The molecular weight excluding hydrogens is 394 g/mol. The van der Waals surface area contributed by atoms with Gasteiger partial charge in [0.2, 0.25) is 0 Å². The molecule has 1 aromatic carbocycles. The number of oxazole rings is 1. The first-order valence-corrected chi connectivity index (χ1v) is 10.3. The average molecular weight is 413 g/mol. The van der Waals surface area contributed by atoms with Crippen molar-refractivity contribution >= 4 is 40.5 Å². The van der Waals surface area contributed by atoms with Crippen LogP contribution in [0.1, 0.15) is 23.7 Å². The summed E-state index contributed by atoms with van der Waals surface area (Å²) in [5.41, 5.74) is 2.25. The number of rotatable bonds is 4. The summed E-state index contributed by atoms with van der Waals surface area (Å²) in [5.74, 6) is -0.207. The SMILES string of the molecule is CCNC(=O)c1ccc(-c2nccs2)c2oc(N3CC4CC(C3)N4C(=O)O)nc12. The number of hydrogen-bond donors (Lipinski definition) is 2. The van der Waals surface area contributed by atoms with E-state index in [0.717, 1.165) is 17.0 Å². The molecule has 0 saturated carbocycles. The van der Waals surface area contributed by atoms with Crippen molar-refractivity contribution in [3.8, 4) is 10.6 Å². The number of aromatic nitrogens is 2. The van der Waals surface area contributed by atoms with Gasteiger partial charge in [-0.25, -0.2) is 9.78 Å². The molecule has 2 aromatic heterocycles. The molecule has 2 atom stereocenters. The van der Waals surface area contributed by atoms with Crippen LogP contribution in [0.2, 0.25) is 0 Å². The number of thiazole rings is 1. The lowest BCUT2D eigenvalue weighted by molar-refractivity contribution is 0.0101. The maximum Gasteiger partial charge on any atom is 0.407 e. The summed E-state index contributed by atoms with van der Waals surface area (Å²) in [5, 5.41) is 14.8. The molecule has 2 bridgehead atoms. The third kappa shape index (κ3) is 2.82.